The van der Waals surface area contributed by atoms with E-state index in [9.17, 15) is 13.2 Å². The Hall–Kier alpha value is -1.07. The number of carbonyl (C=O) groups is 1. The van der Waals surface area contributed by atoms with Gasteiger partial charge in [-0.25, -0.2) is 4.31 Å². The summed E-state index contributed by atoms with van der Waals surface area (Å²) in [7, 11) is 1.32. The van der Waals surface area contributed by atoms with Gasteiger partial charge in [0.15, 0.2) is 0 Å². The van der Waals surface area contributed by atoms with Crippen molar-refractivity contribution in [3.63, 3.8) is 0 Å². The van der Waals surface area contributed by atoms with Crippen LogP contribution in [0.4, 0.5) is 0 Å². The Morgan fingerprint density at radius 1 is 1.17 bits per heavy atom. The van der Waals surface area contributed by atoms with Crippen molar-refractivity contribution in [2.24, 2.45) is 0 Å². The molecule has 0 spiro atoms. The molecule has 2 fully saturated rings. The second-order valence-electron chi connectivity index (χ2n) is 4.75. The molecule has 1 amide bonds. The van der Waals surface area contributed by atoms with Gasteiger partial charge >= 0.3 is 9.24 Å². The second-order valence-corrected chi connectivity index (χ2v) is 7.14. The van der Waals surface area contributed by atoms with E-state index in [1.165, 1.54) is 0 Å². The highest BCUT2D eigenvalue weighted by molar-refractivity contribution is 8.12. The van der Waals surface area contributed by atoms with Crippen LogP contribution in [0.3, 0.4) is 0 Å². The van der Waals surface area contributed by atoms with Crippen molar-refractivity contribution in [2.75, 3.05) is 0 Å². The summed E-state index contributed by atoms with van der Waals surface area (Å²) in [5, 5.41) is 0. The van der Waals surface area contributed by atoms with Gasteiger partial charge in [-0.05, 0) is 29.9 Å². The lowest BCUT2D eigenvalue weighted by molar-refractivity contribution is -0.137. The summed E-state index contributed by atoms with van der Waals surface area (Å²) in [5.74, 6) is 0.0809. The highest BCUT2D eigenvalue weighted by atomic mass is 35.7. The van der Waals surface area contributed by atoms with E-state index in [0.717, 1.165) is 28.3 Å². The molecular weight excluding hydrogens is 274 g/mol. The Morgan fingerprint density at radius 2 is 1.78 bits per heavy atom. The van der Waals surface area contributed by atoms with Crippen molar-refractivity contribution >= 4 is 25.8 Å². The van der Waals surface area contributed by atoms with Crippen molar-refractivity contribution in [3.05, 3.63) is 35.4 Å². The number of nitrogens with zero attached hydrogens (tertiary/aromatic N) is 1. The fraction of sp³-hybridized carbons (Fsp3) is 0.417. The zero-order valence-corrected chi connectivity index (χ0v) is 11.1. The van der Waals surface area contributed by atoms with E-state index >= 15 is 0 Å². The van der Waals surface area contributed by atoms with Gasteiger partial charge in [0.05, 0.1) is 12.5 Å². The van der Waals surface area contributed by atoms with Crippen LogP contribution >= 0.6 is 10.7 Å². The number of carbonyl (C=O) groups excluding carboxylic acids is 1. The van der Waals surface area contributed by atoms with Gasteiger partial charge in [-0.2, -0.15) is 8.42 Å². The van der Waals surface area contributed by atoms with E-state index in [2.05, 4.69) is 0 Å². The Morgan fingerprint density at radius 3 is 2.28 bits per heavy atom. The molecule has 18 heavy (non-hydrogen) atoms. The highest BCUT2D eigenvalue weighted by Crippen LogP contribution is 2.47. The lowest BCUT2D eigenvalue weighted by Crippen LogP contribution is -2.48. The first-order valence-corrected chi connectivity index (χ1v) is 8.11. The van der Waals surface area contributed by atoms with Crippen LogP contribution in [0.25, 0.3) is 0 Å². The molecule has 0 bridgehead atoms. The average Bonchev–Trinajstić information content (AvgIpc) is 3.07. The van der Waals surface area contributed by atoms with Crippen LogP contribution in [0, 0.1) is 0 Å². The van der Waals surface area contributed by atoms with Crippen molar-refractivity contribution in [1.29, 1.82) is 0 Å². The predicted octanol–water partition coefficient (Wildman–Crippen LogP) is 2.32. The summed E-state index contributed by atoms with van der Waals surface area (Å²) in [6.07, 6.45) is 2.48. The lowest BCUT2D eigenvalue weighted by Gasteiger charge is -2.38. The Kier molecular flexibility index (Phi) is 2.64. The molecule has 2 aliphatic rings. The quantitative estimate of drug-likeness (QED) is 0.633. The third-order valence-electron chi connectivity index (χ3n) is 3.50. The third kappa shape index (κ3) is 1.91. The molecule has 1 heterocycles. The summed E-state index contributed by atoms with van der Waals surface area (Å²) in [6.45, 7) is 0. The van der Waals surface area contributed by atoms with Crippen LogP contribution in [0.1, 0.15) is 42.3 Å². The van der Waals surface area contributed by atoms with Crippen LogP contribution < -0.4 is 0 Å². The van der Waals surface area contributed by atoms with Gasteiger partial charge in [-0.15, -0.1) is 0 Å². The molecule has 0 radical (unpaired) electrons. The summed E-state index contributed by atoms with van der Waals surface area (Å²) in [4.78, 5) is 11.4. The van der Waals surface area contributed by atoms with Gasteiger partial charge in [-0.1, -0.05) is 24.3 Å². The van der Waals surface area contributed by atoms with E-state index in [1.807, 2.05) is 24.3 Å². The fourth-order valence-electron chi connectivity index (χ4n) is 2.49. The molecule has 0 aromatic heterocycles. The number of benzene rings is 1. The minimum atomic E-state index is -3.98. The minimum Gasteiger partial charge on any atom is -0.274 e. The topological polar surface area (TPSA) is 54.5 Å². The predicted molar refractivity (Wildman–Crippen MR) is 67.4 cm³/mol. The molecule has 1 atom stereocenters. The van der Waals surface area contributed by atoms with E-state index in [4.69, 9.17) is 10.7 Å². The molecule has 1 unspecified atom stereocenters. The molecule has 1 saturated carbocycles. The van der Waals surface area contributed by atoms with E-state index < -0.39 is 21.2 Å². The summed E-state index contributed by atoms with van der Waals surface area (Å²) in [5.41, 5.74) is 2.07. The summed E-state index contributed by atoms with van der Waals surface area (Å²) >= 11 is 0. The maximum atomic E-state index is 11.4. The molecule has 1 aliphatic carbocycles. The molecule has 1 saturated heterocycles. The normalized spacial score (nSPS) is 23.9. The summed E-state index contributed by atoms with van der Waals surface area (Å²) < 4.78 is 23.5. The second kappa shape index (κ2) is 3.96. The monoisotopic (exact) mass is 285 g/mol. The van der Waals surface area contributed by atoms with Crippen LogP contribution in [0.15, 0.2) is 24.3 Å². The Balaban J connectivity index is 1.99. The smallest absolute Gasteiger partial charge is 0.274 e. The molecule has 6 heteroatoms. The molecule has 0 N–H and O–H groups in total. The van der Waals surface area contributed by atoms with Gasteiger partial charge in [0.1, 0.15) is 0 Å². The number of halogens is 1. The molecular formula is C12H12ClNO3S. The maximum Gasteiger partial charge on any atom is 0.324 e. The lowest BCUT2D eigenvalue weighted by atomic mass is 9.91. The van der Waals surface area contributed by atoms with Gasteiger partial charge < -0.3 is 0 Å². The number of hydrogen-bond acceptors (Lipinski definition) is 3. The largest absolute Gasteiger partial charge is 0.324 e. The SMILES string of the molecule is O=C1CC(c2ccccc2C2CC2)N1S(=O)(=O)Cl. The number of amides is 1. The minimum absolute atomic E-state index is 0.218. The first kappa shape index (κ1) is 12.0. The zero-order valence-electron chi connectivity index (χ0n) is 9.54. The third-order valence-corrected chi connectivity index (χ3v) is 4.88. The first-order chi connectivity index (χ1) is 8.48. The maximum absolute atomic E-state index is 11.4. The first-order valence-electron chi connectivity index (χ1n) is 5.84. The van der Waals surface area contributed by atoms with Crippen LogP contribution in [-0.4, -0.2) is 18.6 Å². The van der Waals surface area contributed by atoms with Gasteiger partial charge in [0.25, 0.3) is 0 Å². The number of hydrogen-bond donors (Lipinski definition) is 0. The molecule has 1 aliphatic heterocycles. The molecule has 4 nitrogen and oxygen atoms in total. The Bertz CT molecular complexity index is 610. The molecule has 96 valence electrons. The van der Waals surface area contributed by atoms with Crippen LogP contribution in [0.5, 0.6) is 0 Å². The molecule has 1 aromatic carbocycles. The van der Waals surface area contributed by atoms with Crippen molar-refractivity contribution < 1.29 is 13.2 Å². The number of rotatable bonds is 3. The average molecular weight is 286 g/mol. The standard InChI is InChI=1S/C12H12ClNO3S/c13-18(16,17)14-11(7-12(14)15)10-4-2-1-3-9(10)8-5-6-8/h1-4,8,11H,5-7H2. The summed E-state index contributed by atoms with van der Waals surface area (Å²) in [6, 6.07) is 7.28. The van der Waals surface area contributed by atoms with Crippen molar-refractivity contribution in [3.8, 4) is 0 Å². The van der Waals surface area contributed by atoms with Crippen molar-refractivity contribution in [1.82, 2.24) is 4.31 Å². The van der Waals surface area contributed by atoms with Gasteiger partial charge in [0, 0.05) is 10.7 Å². The highest BCUT2D eigenvalue weighted by Gasteiger charge is 2.46. The molecule has 3 rings (SSSR count). The van der Waals surface area contributed by atoms with E-state index in [-0.39, 0.29) is 6.42 Å². The fourth-order valence-corrected chi connectivity index (χ4v) is 3.82. The van der Waals surface area contributed by atoms with Gasteiger partial charge in [-0.3, -0.25) is 4.79 Å². The Labute approximate surface area is 110 Å². The van der Waals surface area contributed by atoms with Crippen LogP contribution in [-0.2, 0) is 14.0 Å². The van der Waals surface area contributed by atoms with Crippen LogP contribution in [0.2, 0.25) is 0 Å². The zero-order chi connectivity index (χ0) is 12.9. The number of β-lactam (4-membered cyclic amide) rings is 1. The van der Waals surface area contributed by atoms with E-state index in [1.54, 1.807) is 0 Å². The van der Waals surface area contributed by atoms with E-state index in [0.29, 0.717) is 5.92 Å². The van der Waals surface area contributed by atoms with Gasteiger partial charge in [0.2, 0.25) is 5.91 Å². The van der Waals surface area contributed by atoms with Crippen molar-refractivity contribution in [2.45, 2.75) is 31.2 Å². The molecule has 1 aromatic rings.